The number of alkyl halides is 3. The molecule has 0 aliphatic heterocycles. The Morgan fingerprint density at radius 2 is 1.85 bits per heavy atom. The van der Waals surface area contributed by atoms with Crippen LogP contribution in [-0.2, 0) is 11.3 Å². The van der Waals surface area contributed by atoms with Crippen LogP contribution in [0.5, 0.6) is 5.75 Å². The topological polar surface area (TPSA) is 50.4 Å². The molecule has 2 aromatic rings. The lowest BCUT2D eigenvalue weighted by Crippen LogP contribution is -2.33. The first kappa shape index (κ1) is 20.3. The Kier molecular flexibility index (Phi) is 6.66. The molecule has 0 aliphatic rings. The molecule has 0 aromatic heterocycles. The first-order valence-electron chi connectivity index (χ1n) is 7.70. The minimum atomic E-state index is -4.45. The van der Waals surface area contributed by atoms with Crippen LogP contribution < -0.4 is 15.4 Å². The molecule has 0 saturated carbocycles. The van der Waals surface area contributed by atoms with Gasteiger partial charge in [0.2, 0.25) is 5.91 Å². The lowest BCUT2D eigenvalue weighted by molar-refractivity contribution is -0.158. The van der Waals surface area contributed by atoms with E-state index in [-0.39, 0.29) is 18.0 Å². The molecule has 0 unspecified atom stereocenters. The predicted octanol–water partition coefficient (Wildman–Crippen LogP) is 4.81. The fourth-order valence-corrected chi connectivity index (χ4v) is 2.97. The highest BCUT2D eigenvalue weighted by Crippen LogP contribution is 2.36. The van der Waals surface area contributed by atoms with Crippen LogP contribution in [0.3, 0.4) is 0 Å². The van der Waals surface area contributed by atoms with Crippen molar-refractivity contribution >= 4 is 27.5 Å². The average molecular weight is 431 g/mol. The second-order valence-electron chi connectivity index (χ2n) is 5.63. The van der Waals surface area contributed by atoms with E-state index in [1.165, 1.54) is 32.2 Å². The van der Waals surface area contributed by atoms with Crippen molar-refractivity contribution in [1.82, 2.24) is 5.32 Å². The van der Waals surface area contributed by atoms with Gasteiger partial charge >= 0.3 is 6.18 Å². The molecular formula is C18H18BrF3N2O2. The fraction of sp³-hybridized carbons (Fsp3) is 0.278. The van der Waals surface area contributed by atoms with E-state index in [2.05, 4.69) is 26.6 Å². The van der Waals surface area contributed by atoms with Gasteiger partial charge in [-0.3, -0.25) is 10.1 Å². The zero-order valence-electron chi connectivity index (χ0n) is 14.2. The van der Waals surface area contributed by atoms with E-state index in [9.17, 15) is 18.0 Å². The van der Waals surface area contributed by atoms with Crippen LogP contribution in [0.25, 0.3) is 0 Å². The number of halogens is 4. The van der Waals surface area contributed by atoms with Gasteiger partial charge in [-0.15, -0.1) is 0 Å². The van der Waals surface area contributed by atoms with Crippen LogP contribution in [0.4, 0.5) is 18.9 Å². The van der Waals surface area contributed by atoms with Gasteiger partial charge in [-0.25, -0.2) is 0 Å². The minimum Gasteiger partial charge on any atom is -0.496 e. The van der Waals surface area contributed by atoms with Gasteiger partial charge in [0.1, 0.15) is 11.8 Å². The Hall–Kier alpha value is -2.06. The van der Waals surface area contributed by atoms with Crippen molar-refractivity contribution in [2.75, 3.05) is 12.4 Å². The molecule has 26 heavy (non-hydrogen) atoms. The van der Waals surface area contributed by atoms with Crippen LogP contribution in [0.15, 0.2) is 46.9 Å². The van der Waals surface area contributed by atoms with E-state index >= 15 is 0 Å². The first-order valence-corrected chi connectivity index (χ1v) is 8.50. The fourth-order valence-electron chi connectivity index (χ4n) is 2.41. The Morgan fingerprint density at radius 3 is 2.35 bits per heavy atom. The highest BCUT2D eigenvalue weighted by Gasteiger charge is 2.40. The molecule has 8 heteroatoms. The SMILES string of the molecule is COc1ccc([C@@H](NCc2ccc(NC(C)=O)cc2)C(F)(F)F)cc1Br. The number of hydrogen-bond donors (Lipinski definition) is 2. The molecule has 140 valence electrons. The van der Waals surface area contributed by atoms with Crippen molar-refractivity contribution < 1.29 is 22.7 Å². The average Bonchev–Trinajstić information content (AvgIpc) is 2.55. The van der Waals surface area contributed by atoms with Crippen LogP contribution in [0.2, 0.25) is 0 Å². The summed E-state index contributed by atoms with van der Waals surface area (Å²) in [5.41, 5.74) is 1.34. The number of anilines is 1. The second-order valence-corrected chi connectivity index (χ2v) is 6.48. The van der Waals surface area contributed by atoms with Gasteiger partial charge in [0, 0.05) is 19.2 Å². The predicted molar refractivity (Wildman–Crippen MR) is 97.1 cm³/mol. The first-order chi connectivity index (χ1) is 12.2. The summed E-state index contributed by atoms with van der Waals surface area (Å²) in [4.78, 5) is 11.0. The Balaban J connectivity index is 2.14. The van der Waals surface area contributed by atoms with E-state index < -0.39 is 12.2 Å². The van der Waals surface area contributed by atoms with E-state index in [1.54, 1.807) is 24.3 Å². The lowest BCUT2D eigenvalue weighted by Gasteiger charge is -2.23. The number of carbonyl (C=O) groups excluding carboxylic acids is 1. The number of rotatable bonds is 6. The molecule has 2 aromatic carbocycles. The molecule has 1 amide bonds. The maximum atomic E-state index is 13.5. The normalized spacial score (nSPS) is 12.5. The summed E-state index contributed by atoms with van der Waals surface area (Å²) in [6.45, 7) is 1.41. The monoisotopic (exact) mass is 430 g/mol. The Bertz CT molecular complexity index is 764. The standard InChI is InChI=1S/C18H18BrF3N2O2/c1-11(25)24-14-6-3-12(4-7-14)10-23-17(18(20,21)22)13-5-8-16(26-2)15(19)9-13/h3-9,17,23H,10H2,1-2H3,(H,24,25)/t17-/m1/s1. The number of ether oxygens (including phenoxy) is 1. The van der Waals surface area contributed by atoms with Gasteiger partial charge < -0.3 is 10.1 Å². The summed E-state index contributed by atoms with van der Waals surface area (Å²) >= 11 is 3.21. The summed E-state index contributed by atoms with van der Waals surface area (Å²) in [5.74, 6) is 0.251. The summed E-state index contributed by atoms with van der Waals surface area (Å²) in [6, 6.07) is 9.06. The van der Waals surface area contributed by atoms with Crippen molar-refractivity contribution in [2.24, 2.45) is 0 Å². The zero-order valence-corrected chi connectivity index (χ0v) is 15.7. The minimum absolute atomic E-state index is 0.0220. The molecule has 0 saturated heterocycles. The maximum Gasteiger partial charge on any atom is 0.407 e. The molecule has 0 fully saturated rings. The molecule has 0 aliphatic carbocycles. The van der Waals surface area contributed by atoms with Crippen molar-refractivity contribution in [3.63, 3.8) is 0 Å². The van der Waals surface area contributed by atoms with Gasteiger partial charge in [0.25, 0.3) is 0 Å². The molecule has 4 nitrogen and oxygen atoms in total. The maximum absolute atomic E-state index is 13.5. The highest BCUT2D eigenvalue weighted by atomic mass is 79.9. The molecule has 2 rings (SSSR count). The number of benzene rings is 2. The number of amides is 1. The number of hydrogen-bond acceptors (Lipinski definition) is 3. The van der Waals surface area contributed by atoms with Gasteiger partial charge in [-0.1, -0.05) is 18.2 Å². The summed E-state index contributed by atoms with van der Waals surface area (Å²) < 4.78 is 45.9. The molecule has 0 bridgehead atoms. The van der Waals surface area contributed by atoms with E-state index in [0.29, 0.717) is 21.5 Å². The van der Waals surface area contributed by atoms with Crippen LogP contribution >= 0.6 is 15.9 Å². The third-order valence-electron chi connectivity index (χ3n) is 3.62. The zero-order chi connectivity index (χ0) is 19.3. The summed E-state index contributed by atoms with van der Waals surface area (Å²) in [5, 5.41) is 5.15. The quantitative estimate of drug-likeness (QED) is 0.691. The Morgan fingerprint density at radius 1 is 1.19 bits per heavy atom. The van der Waals surface area contributed by atoms with Gasteiger partial charge in [0.15, 0.2) is 0 Å². The molecule has 2 N–H and O–H groups in total. The summed E-state index contributed by atoms with van der Waals surface area (Å²) in [7, 11) is 1.45. The third-order valence-corrected chi connectivity index (χ3v) is 4.24. The van der Waals surface area contributed by atoms with Crippen LogP contribution in [0.1, 0.15) is 24.1 Å². The molecule has 0 spiro atoms. The highest BCUT2D eigenvalue weighted by molar-refractivity contribution is 9.10. The smallest absolute Gasteiger partial charge is 0.407 e. The van der Waals surface area contributed by atoms with Crippen LogP contribution in [-0.4, -0.2) is 19.2 Å². The summed E-state index contributed by atoms with van der Waals surface area (Å²) in [6.07, 6.45) is -4.45. The largest absolute Gasteiger partial charge is 0.496 e. The van der Waals surface area contributed by atoms with Gasteiger partial charge in [-0.05, 0) is 51.3 Å². The Labute approximate surface area is 157 Å². The van der Waals surface area contributed by atoms with Crippen molar-refractivity contribution in [2.45, 2.75) is 25.7 Å². The van der Waals surface area contributed by atoms with Crippen LogP contribution in [0, 0.1) is 0 Å². The molecular weight excluding hydrogens is 413 g/mol. The van der Waals surface area contributed by atoms with E-state index in [4.69, 9.17) is 4.74 Å². The molecule has 1 atom stereocenters. The van der Waals surface area contributed by atoms with E-state index in [1.807, 2.05) is 0 Å². The number of carbonyl (C=O) groups is 1. The van der Waals surface area contributed by atoms with Crippen molar-refractivity contribution in [1.29, 1.82) is 0 Å². The molecule has 0 radical (unpaired) electrons. The number of nitrogens with one attached hydrogen (secondary N) is 2. The second kappa shape index (κ2) is 8.55. The molecule has 0 heterocycles. The lowest BCUT2D eigenvalue weighted by atomic mass is 10.1. The van der Waals surface area contributed by atoms with Crippen molar-refractivity contribution in [3.8, 4) is 5.75 Å². The van der Waals surface area contributed by atoms with Gasteiger partial charge in [0.05, 0.1) is 11.6 Å². The van der Waals surface area contributed by atoms with E-state index in [0.717, 1.165) is 0 Å². The number of methoxy groups -OCH3 is 1. The third kappa shape index (κ3) is 5.47. The van der Waals surface area contributed by atoms with Gasteiger partial charge in [-0.2, -0.15) is 13.2 Å². The van der Waals surface area contributed by atoms with Crippen molar-refractivity contribution in [3.05, 3.63) is 58.1 Å².